The number of phenolic OH excluding ortho intramolecular Hbond substituents is 1. The van der Waals surface area contributed by atoms with Gasteiger partial charge in [-0.3, -0.25) is 9.69 Å². The maximum absolute atomic E-state index is 12.1. The van der Waals surface area contributed by atoms with Gasteiger partial charge in [0.15, 0.2) is 0 Å². The van der Waals surface area contributed by atoms with E-state index in [2.05, 4.69) is 15.1 Å². The van der Waals surface area contributed by atoms with Crippen LogP contribution in [-0.4, -0.2) is 54.2 Å². The van der Waals surface area contributed by atoms with Gasteiger partial charge in [0.05, 0.1) is 11.7 Å². The number of amides is 1. The number of nitrogens with zero attached hydrogens (tertiary/aromatic N) is 2. The van der Waals surface area contributed by atoms with Crippen LogP contribution in [0.5, 0.6) is 5.75 Å². The zero-order chi connectivity index (χ0) is 15.4. The highest BCUT2D eigenvalue weighted by molar-refractivity contribution is 5.81. The molecule has 21 heavy (non-hydrogen) atoms. The molecule has 0 aliphatic carbocycles. The van der Waals surface area contributed by atoms with Gasteiger partial charge in [0.1, 0.15) is 5.75 Å². The monoisotopic (exact) mass is 291 g/mol. The first-order chi connectivity index (χ1) is 9.99. The van der Waals surface area contributed by atoms with Crippen molar-refractivity contribution in [2.45, 2.75) is 32.9 Å². The van der Waals surface area contributed by atoms with E-state index in [4.69, 9.17) is 0 Å². The van der Waals surface area contributed by atoms with Crippen LogP contribution in [0.3, 0.4) is 0 Å². The van der Waals surface area contributed by atoms with Crippen molar-refractivity contribution in [1.82, 2.24) is 10.2 Å². The molecule has 0 unspecified atom stereocenters. The quantitative estimate of drug-likeness (QED) is 0.881. The maximum atomic E-state index is 12.1. The smallest absolute Gasteiger partial charge is 0.237 e. The number of hydrogen-bond donors (Lipinski definition) is 2. The van der Waals surface area contributed by atoms with Crippen molar-refractivity contribution in [2.75, 3.05) is 31.1 Å². The lowest BCUT2D eigenvalue weighted by molar-refractivity contribution is -0.126. The van der Waals surface area contributed by atoms with Crippen molar-refractivity contribution in [1.29, 1.82) is 0 Å². The molecule has 0 aromatic heterocycles. The average molecular weight is 291 g/mol. The fraction of sp³-hybridized carbons (Fsp3) is 0.562. The van der Waals surface area contributed by atoms with E-state index in [1.165, 1.54) is 0 Å². The van der Waals surface area contributed by atoms with Crippen molar-refractivity contribution in [3.8, 4) is 5.75 Å². The zero-order valence-electron chi connectivity index (χ0n) is 13.0. The van der Waals surface area contributed by atoms with E-state index >= 15 is 0 Å². The van der Waals surface area contributed by atoms with Gasteiger partial charge in [-0.25, -0.2) is 0 Å². The number of carbonyl (C=O) groups excluding carboxylic acids is 1. The van der Waals surface area contributed by atoms with E-state index in [1.54, 1.807) is 6.07 Å². The summed E-state index contributed by atoms with van der Waals surface area (Å²) < 4.78 is 0. The fourth-order valence-electron chi connectivity index (χ4n) is 2.65. The molecule has 1 aromatic carbocycles. The highest BCUT2D eigenvalue weighted by atomic mass is 16.3. The molecule has 2 rings (SSSR count). The molecule has 0 bridgehead atoms. The van der Waals surface area contributed by atoms with Gasteiger partial charge in [-0.2, -0.15) is 0 Å². The number of aromatic hydroxyl groups is 1. The topological polar surface area (TPSA) is 55.8 Å². The standard InChI is InChI=1S/C16H25N3O2/c1-12(2)17-16(21)13(3)18-8-10-19(11-9-18)14-6-4-5-7-15(14)20/h4-7,12-13,20H,8-11H2,1-3H3,(H,17,21)/t13-/m0/s1. The van der Waals surface area contributed by atoms with Crippen molar-refractivity contribution in [3.63, 3.8) is 0 Å². The first-order valence-corrected chi connectivity index (χ1v) is 7.56. The third-order valence-electron chi connectivity index (χ3n) is 3.89. The number of para-hydroxylation sites is 2. The first kappa shape index (κ1) is 15.6. The summed E-state index contributed by atoms with van der Waals surface area (Å²) in [5.41, 5.74) is 0.872. The number of hydrogen-bond acceptors (Lipinski definition) is 4. The Labute approximate surface area is 126 Å². The SMILES string of the molecule is CC(C)NC(=O)[C@H](C)N1CCN(c2ccccc2O)CC1. The van der Waals surface area contributed by atoms with Crippen LogP contribution >= 0.6 is 0 Å². The lowest BCUT2D eigenvalue weighted by atomic mass is 10.2. The van der Waals surface area contributed by atoms with Crippen molar-refractivity contribution < 1.29 is 9.90 Å². The largest absolute Gasteiger partial charge is 0.506 e. The van der Waals surface area contributed by atoms with Gasteiger partial charge in [0, 0.05) is 32.2 Å². The predicted molar refractivity (Wildman–Crippen MR) is 84.6 cm³/mol. The summed E-state index contributed by atoms with van der Waals surface area (Å²) in [5.74, 6) is 0.401. The maximum Gasteiger partial charge on any atom is 0.237 e. The highest BCUT2D eigenvalue weighted by Gasteiger charge is 2.26. The van der Waals surface area contributed by atoms with Crippen LogP contribution in [0.15, 0.2) is 24.3 Å². The lowest BCUT2D eigenvalue weighted by Crippen LogP contribution is -2.54. The van der Waals surface area contributed by atoms with Crippen LogP contribution in [0.25, 0.3) is 0 Å². The molecule has 116 valence electrons. The van der Waals surface area contributed by atoms with Crippen LogP contribution in [0.4, 0.5) is 5.69 Å². The van der Waals surface area contributed by atoms with Gasteiger partial charge >= 0.3 is 0 Å². The molecular weight excluding hydrogens is 266 g/mol. The van der Waals surface area contributed by atoms with Crippen molar-refractivity contribution in [2.24, 2.45) is 0 Å². The Morgan fingerprint density at radius 3 is 2.33 bits per heavy atom. The summed E-state index contributed by atoms with van der Waals surface area (Å²) in [6.07, 6.45) is 0. The van der Waals surface area contributed by atoms with E-state index in [-0.39, 0.29) is 18.0 Å². The Bertz CT molecular complexity index is 482. The molecule has 1 aliphatic heterocycles. The summed E-state index contributed by atoms with van der Waals surface area (Å²) in [4.78, 5) is 16.4. The number of piperazine rings is 1. The highest BCUT2D eigenvalue weighted by Crippen LogP contribution is 2.27. The molecule has 2 N–H and O–H groups in total. The average Bonchev–Trinajstić information content (AvgIpc) is 2.46. The Morgan fingerprint density at radius 1 is 1.14 bits per heavy atom. The van der Waals surface area contributed by atoms with E-state index in [0.717, 1.165) is 31.9 Å². The minimum absolute atomic E-state index is 0.0843. The van der Waals surface area contributed by atoms with Crippen LogP contribution in [0.2, 0.25) is 0 Å². The van der Waals surface area contributed by atoms with Gasteiger partial charge in [0.25, 0.3) is 0 Å². The summed E-state index contributed by atoms with van der Waals surface area (Å²) >= 11 is 0. The Hall–Kier alpha value is -1.75. The molecule has 0 spiro atoms. The first-order valence-electron chi connectivity index (χ1n) is 7.56. The zero-order valence-corrected chi connectivity index (χ0v) is 13.0. The molecular formula is C16H25N3O2. The van der Waals surface area contributed by atoms with Crippen molar-refractivity contribution >= 4 is 11.6 Å². The molecule has 1 aromatic rings. The predicted octanol–water partition coefficient (Wildman–Crippen LogP) is 1.43. The number of carbonyl (C=O) groups is 1. The van der Waals surface area contributed by atoms with Crippen LogP contribution in [0.1, 0.15) is 20.8 Å². The van der Waals surface area contributed by atoms with E-state index in [9.17, 15) is 9.90 Å². The molecule has 1 fully saturated rings. The summed E-state index contributed by atoms with van der Waals surface area (Å²) in [6.45, 7) is 9.17. The third-order valence-corrected chi connectivity index (χ3v) is 3.89. The number of nitrogens with one attached hydrogen (secondary N) is 1. The molecule has 1 aliphatic rings. The number of rotatable bonds is 4. The van der Waals surface area contributed by atoms with Gasteiger partial charge < -0.3 is 15.3 Å². The second kappa shape index (κ2) is 6.80. The summed E-state index contributed by atoms with van der Waals surface area (Å²) in [5, 5.41) is 12.9. The molecule has 1 saturated heterocycles. The van der Waals surface area contributed by atoms with E-state index in [0.29, 0.717) is 5.75 Å². The fourth-order valence-corrected chi connectivity index (χ4v) is 2.65. The molecule has 5 nitrogen and oxygen atoms in total. The minimum atomic E-state index is -0.112. The van der Waals surface area contributed by atoms with Gasteiger partial charge in [-0.1, -0.05) is 12.1 Å². The molecule has 1 atom stereocenters. The van der Waals surface area contributed by atoms with Crippen LogP contribution in [-0.2, 0) is 4.79 Å². The van der Waals surface area contributed by atoms with Gasteiger partial charge in [-0.05, 0) is 32.9 Å². The van der Waals surface area contributed by atoms with Crippen LogP contribution < -0.4 is 10.2 Å². The third kappa shape index (κ3) is 3.88. The van der Waals surface area contributed by atoms with Gasteiger partial charge in [-0.15, -0.1) is 0 Å². The lowest BCUT2D eigenvalue weighted by Gasteiger charge is -2.38. The van der Waals surface area contributed by atoms with Crippen molar-refractivity contribution in [3.05, 3.63) is 24.3 Å². The molecule has 5 heteroatoms. The molecule has 0 radical (unpaired) electrons. The van der Waals surface area contributed by atoms with Gasteiger partial charge in [0.2, 0.25) is 5.91 Å². The van der Waals surface area contributed by atoms with E-state index < -0.39 is 0 Å². The normalized spacial score (nSPS) is 17.8. The molecule has 0 saturated carbocycles. The summed E-state index contributed by atoms with van der Waals surface area (Å²) in [7, 11) is 0. The second-order valence-electron chi connectivity index (χ2n) is 5.85. The van der Waals surface area contributed by atoms with E-state index in [1.807, 2.05) is 39.0 Å². The number of anilines is 1. The Balaban J connectivity index is 1.91. The number of phenols is 1. The van der Waals surface area contributed by atoms with Crippen LogP contribution in [0, 0.1) is 0 Å². The second-order valence-corrected chi connectivity index (χ2v) is 5.85. The number of benzene rings is 1. The Morgan fingerprint density at radius 2 is 1.76 bits per heavy atom. The minimum Gasteiger partial charge on any atom is -0.506 e. The molecule has 1 heterocycles. The summed E-state index contributed by atoms with van der Waals surface area (Å²) in [6, 6.07) is 7.45. The Kier molecular flexibility index (Phi) is 5.07. The molecule has 1 amide bonds.